The largest absolute Gasteiger partial charge is 0.392 e. The maximum Gasteiger partial charge on any atom is 0.258 e. The first-order valence-corrected chi connectivity index (χ1v) is 12.9. The molecule has 2 atom stereocenters. The molecular weight excluding hydrogens is 462 g/mol. The number of para-hydroxylation sites is 1. The number of carbonyl (C=O) groups excluding carboxylic acids is 1. The van der Waals surface area contributed by atoms with Gasteiger partial charge in [-0.05, 0) is 64.0 Å². The minimum atomic E-state index is -0.329. The summed E-state index contributed by atoms with van der Waals surface area (Å²) in [5.74, 6) is -0.409. The summed E-state index contributed by atoms with van der Waals surface area (Å²) >= 11 is 1.45. The van der Waals surface area contributed by atoms with Crippen molar-refractivity contribution in [2.75, 3.05) is 26.2 Å². The molecule has 8 nitrogen and oxygen atoms in total. The van der Waals surface area contributed by atoms with E-state index in [9.17, 15) is 9.59 Å². The number of thiazole rings is 1. The summed E-state index contributed by atoms with van der Waals surface area (Å²) in [7, 11) is 0. The van der Waals surface area contributed by atoms with Crippen LogP contribution < -0.4 is 10.7 Å². The third kappa shape index (κ3) is 3.70. The topological polar surface area (TPSA) is 88.3 Å². The van der Waals surface area contributed by atoms with Gasteiger partial charge < -0.3 is 15.1 Å². The number of hydrogen-bond donors (Lipinski definition) is 1. The Morgan fingerprint density at radius 1 is 1.20 bits per heavy atom. The van der Waals surface area contributed by atoms with E-state index in [1.54, 1.807) is 6.07 Å². The van der Waals surface area contributed by atoms with Crippen LogP contribution in [0.4, 0.5) is 0 Å². The van der Waals surface area contributed by atoms with Gasteiger partial charge in [-0.25, -0.2) is 4.98 Å². The number of oxime groups is 1. The van der Waals surface area contributed by atoms with Gasteiger partial charge in [0.25, 0.3) is 5.91 Å². The van der Waals surface area contributed by atoms with Gasteiger partial charge >= 0.3 is 0 Å². The fourth-order valence-corrected chi connectivity index (χ4v) is 6.46. The Hall–Kier alpha value is -3.30. The minimum absolute atomic E-state index is 0.0800. The summed E-state index contributed by atoms with van der Waals surface area (Å²) in [5.41, 5.74) is 3.04. The molecule has 0 aliphatic carbocycles. The van der Waals surface area contributed by atoms with E-state index in [4.69, 9.17) is 9.82 Å². The predicted molar refractivity (Wildman–Crippen MR) is 139 cm³/mol. The molecule has 2 unspecified atom stereocenters. The number of likely N-dealkylation sites (tertiary alicyclic amines) is 1. The zero-order chi connectivity index (χ0) is 24.1. The number of nitrogens with zero attached hydrogens (tertiary/aromatic N) is 4. The Morgan fingerprint density at radius 2 is 2.00 bits per heavy atom. The average molecular weight is 490 g/mol. The van der Waals surface area contributed by atoms with Gasteiger partial charge in [0.05, 0.1) is 32.9 Å². The van der Waals surface area contributed by atoms with Crippen molar-refractivity contribution in [3.8, 4) is 0 Å². The second kappa shape index (κ2) is 8.73. The lowest BCUT2D eigenvalue weighted by Gasteiger charge is -2.16. The maximum absolute atomic E-state index is 13.7. The first kappa shape index (κ1) is 22.2. The molecular formula is C26H27N5O3S. The highest BCUT2D eigenvalue weighted by Crippen LogP contribution is 2.33. The number of benzene rings is 1. The predicted octanol–water partition coefficient (Wildman–Crippen LogP) is 3.77. The van der Waals surface area contributed by atoms with Gasteiger partial charge in [0.2, 0.25) is 5.43 Å². The molecule has 1 fully saturated rings. The van der Waals surface area contributed by atoms with Gasteiger partial charge in [-0.2, -0.15) is 0 Å². The highest BCUT2D eigenvalue weighted by Gasteiger charge is 2.32. The normalized spacial score (nSPS) is 20.6. The Kier molecular flexibility index (Phi) is 5.53. The lowest BCUT2D eigenvalue weighted by atomic mass is 9.95. The van der Waals surface area contributed by atoms with E-state index in [1.807, 2.05) is 48.6 Å². The molecule has 1 aromatic carbocycles. The van der Waals surface area contributed by atoms with Crippen molar-refractivity contribution >= 4 is 49.0 Å². The van der Waals surface area contributed by atoms with E-state index in [0.29, 0.717) is 22.4 Å². The molecule has 4 aromatic rings. The van der Waals surface area contributed by atoms with Crippen LogP contribution in [0.15, 0.2) is 46.3 Å². The van der Waals surface area contributed by atoms with Crippen LogP contribution in [-0.2, 0) is 4.84 Å². The number of hydrogen-bond acceptors (Lipinski definition) is 7. The number of amides is 1. The summed E-state index contributed by atoms with van der Waals surface area (Å²) in [6.07, 6.45) is 2.27. The second-order valence-corrected chi connectivity index (χ2v) is 10.4. The SMILES string of the molecule is CC1=NOC(C)C1c1ccc2c(=O)c(C(=O)NCCN3CCCC3)c3sc4ccccc4n3c2n1. The number of aromatic nitrogens is 2. The quantitative estimate of drug-likeness (QED) is 0.461. The zero-order valence-electron chi connectivity index (χ0n) is 19.8. The molecule has 6 rings (SSSR count). The standard InChI is InChI=1S/C26H27N5O3S/c1-15-21(16(2)34-29-15)18-10-9-17-23(32)22(25(33)27-11-14-30-12-5-6-13-30)26-31(24(17)28-18)19-7-3-4-8-20(19)35-26/h3-4,7-10,16,21H,5-6,11-14H2,1-2H3,(H,27,33). The Bertz CT molecular complexity index is 1550. The van der Waals surface area contributed by atoms with Gasteiger partial charge in [0, 0.05) is 13.1 Å². The summed E-state index contributed by atoms with van der Waals surface area (Å²) < 4.78 is 2.95. The molecule has 2 aliphatic rings. The van der Waals surface area contributed by atoms with Crippen molar-refractivity contribution in [2.24, 2.45) is 5.16 Å². The first-order valence-electron chi connectivity index (χ1n) is 12.1. The molecule has 1 amide bonds. The Balaban J connectivity index is 1.50. The van der Waals surface area contributed by atoms with Crippen LogP contribution in [0.3, 0.4) is 0 Å². The fraction of sp³-hybridized carbons (Fsp3) is 0.385. The van der Waals surface area contributed by atoms with Gasteiger partial charge in [0.1, 0.15) is 22.1 Å². The smallest absolute Gasteiger partial charge is 0.258 e. The highest BCUT2D eigenvalue weighted by molar-refractivity contribution is 7.24. The van der Waals surface area contributed by atoms with E-state index in [0.717, 1.165) is 41.3 Å². The van der Waals surface area contributed by atoms with Gasteiger partial charge in [-0.3, -0.25) is 14.0 Å². The number of pyridine rings is 2. The lowest BCUT2D eigenvalue weighted by Crippen LogP contribution is -2.35. The second-order valence-electron chi connectivity index (χ2n) is 9.35. The van der Waals surface area contributed by atoms with E-state index in [2.05, 4.69) is 15.4 Å². The molecule has 35 heavy (non-hydrogen) atoms. The molecule has 2 aliphatic heterocycles. The van der Waals surface area contributed by atoms with Crippen molar-refractivity contribution in [3.05, 3.63) is 57.9 Å². The van der Waals surface area contributed by atoms with Crippen molar-refractivity contribution in [1.29, 1.82) is 0 Å². The molecule has 3 aromatic heterocycles. The van der Waals surface area contributed by atoms with Crippen LogP contribution in [0.1, 0.15) is 48.7 Å². The summed E-state index contributed by atoms with van der Waals surface area (Å²) in [6.45, 7) is 7.34. The fourth-order valence-electron chi connectivity index (χ4n) is 5.28. The first-order chi connectivity index (χ1) is 17.0. The molecule has 0 bridgehead atoms. The molecule has 0 saturated carbocycles. The molecule has 1 N–H and O–H groups in total. The number of carbonyl (C=O) groups is 1. The van der Waals surface area contributed by atoms with Crippen LogP contribution in [0, 0.1) is 0 Å². The van der Waals surface area contributed by atoms with Gasteiger partial charge in [-0.1, -0.05) is 17.3 Å². The Labute approximate surface area is 206 Å². The van der Waals surface area contributed by atoms with E-state index >= 15 is 0 Å². The number of nitrogens with one attached hydrogen (secondary N) is 1. The molecule has 180 valence electrons. The third-order valence-electron chi connectivity index (χ3n) is 7.05. The van der Waals surface area contributed by atoms with Crippen LogP contribution in [0.5, 0.6) is 0 Å². The summed E-state index contributed by atoms with van der Waals surface area (Å²) in [6, 6.07) is 11.6. The van der Waals surface area contributed by atoms with Gasteiger partial charge in [-0.15, -0.1) is 11.3 Å². The van der Waals surface area contributed by atoms with Crippen LogP contribution in [0.25, 0.3) is 26.1 Å². The molecule has 9 heteroatoms. The molecule has 0 radical (unpaired) electrons. The monoisotopic (exact) mass is 489 g/mol. The molecule has 0 spiro atoms. The van der Waals surface area contributed by atoms with Crippen molar-refractivity contribution in [3.63, 3.8) is 0 Å². The molecule has 1 saturated heterocycles. The lowest BCUT2D eigenvalue weighted by molar-refractivity contribution is 0.0899. The van der Waals surface area contributed by atoms with Crippen LogP contribution in [-0.4, -0.2) is 58.2 Å². The number of fused-ring (bicyclic) bond motifs is 5. The van der Waals surface area contributed by atoms with E-state index in [-0.39, 0.29) is 28.9 Å². The van der Waals surface area contributed by atoms with E-state index in [1.165, 1.54) is 24.2 Å². The summed E-state index contributed by atoms with van der Waals surface area (Å²) in [4.78, 5) is 40.4. The van der Waals surface area contributed by atoms with Gasteiger partial charge in [0.15, 0.2) is 0 Å². The van der Waals surface area contributed by atoms with Crippen molar-refractivity contribution < 1.29 is 9.63 Å². The van der Waals surface area contributed by atoms with Crippen molar-refractivity contribution in [1.82, 2.24) is 19.6 Å². The van der Waals surface area contributed by atoms with Crippen molar-refractivity contribution in [2.45, 2.75) is 38.7 Å². The average Bonchev–Trinajstić information content (AvgIpc) is 3.58. The Morgan fingerprint density at radius 3 is 2.77 bits per heavy atom. The van der Waals surface area contributed by atoms with Crippen LogP contribution >= 0.6 is 11.3 Å². The highest BCUT2D eigenvalue weighted by atomic mass is 32.1. The maximum atomic E-state index is 13.7. The number of rotatable bonds is 5. The molecule has 5 heterocycles. The third-order valence-corrected chi connectivity index (χ3v) is 8.20. The summed E-state index contributed by atoms with van der Waals surface area (Å²) in [5, 5.41) is 7.55. The zero-order valence-corrected chi connectivity index (χ0v) is 20.6. The van der Waals surface area contributed by atoms with E-state index < -0.39 is 0 Å². The minimum Gasteiger partial charge on any atom is -0.392 e. The van der Waals surface area contributed by atoms with Crippen LogP contribution in [0.2, 0.25) is 0 Å².